The summed E-state index contributed by atoms with van der Waals surface area (Å²) in [6.45, 7) is 1.60. The van der Waals surface area contributed by atoms with Gasteiger partial charge in [0.1, 0.15) is 10.3 Å². The number of rotatable bonds is 3. The SMILES string of the molecule is CC(Sc1ccc2nnnn2n1)C(=O)O. The summed E-state index contributed by atoms with van der Waals surface area (Å²) in [5, 5.41) is 23.5. The molecule has 0 amide bonds. The number of hydrogen-bond acceptors (Lipinski definition) is 6. The van der Waals surface area contributed by atoms with E-state index in [1.54, 1.807) is 19.1 Å². The van der Waals surface area contributed by atoms with Crippen LogP contribution in [-0.2, 0) is 4.79 Å². The Hall–Kier alpha value is -1.70. The zero-order chi connectivity index (χ0) is 10.8. The second-order valence-electron chi connectivity index (χ2n) is 2.80. The summed E-state index contributed by atoms with van der Waals surface area (Å²) in [4.78, 5) is 10.6. The zero-order valence-corrected chi connectivity index (χ0v) is 8.55. The summed E-state index contributed by atoms with van der Waals surface area (Å²) < 4.78 is 1.26. The van der Waals surface area contributed by atoms with E-state index in [9.17, 15) is 4.79 Å². The van der Waals surface area contributed by atoms with Crippen LogP contribution >= 0.6 is 11.8 Å². The molecule has 0 aromatic carbocycles. The third-order valence-electron chi connectivity index (χ3n) is 1.69. The Kier molecular flexibility index (Phi) is 2.50. The first-order chi connectivity index (χ1) is 7.16. The number of hydrogen-bond donors (Lipinski definition) is 1. The maximum Gasteiger partial charge on any atom is 0.316 e. The van der Waals surface area contributed by atoms with Crippen LogP contribution < -0.4 is 0 Å². The molecular weight excluding hydrogens is 218 g/mol. The fourth-order valence-corrected chi connectivity index (χ4v) is 1.66. The molecule has 0 aliphatic heterocycles. The molecule has 0 radical (unpaired) electrons. The zero-order valence-electron chi connectivity index (χ0n) is 7.73. The highest BCUT2D eigenvalue weighted by Gasteiger charge is 2.13. The number of nitrogens with zero attached hydrogens (tertiary/aromatic N) is 5. The normalized spacial score (nSPS) is 12.9. The van der Waals surface area contributed by atoms with Gasteiger partial charge in [-0.1, -0.05) is 11.8 Å². The molecule has 78 valence electrons. The largest absolute Gasteiger partial charge is 0.480 e. The molecule has 8 heteroatoms. The third-order valence-corrected chi connectivity index (χ3v) is 2.70. The summed E-state index contributed by atoms with van der Waals surface area (Å²) in [5.74, 6) is -0.876. The van der Waals surface area contributed by atoms with Gasteiger partial charge in [-0.05, 0) is 29.5 Å². The maximum absolute atomic E-state index is 10.6. The number of carbonyl (C=O) groups is 1. The molecule has 2 aromatic rings. The van der Waals surface area contributed by atoms with Gasteiger partial charge >= 0.3 is 5.97 Å². The average Bonchev–Trinajstić information content (AvgIpc) is 2.64. The minimum atomic E-state index is -0.876. The number of aliphatic carboxylic acids is 1. The smallest absolute Gasteiger partial charge is 0.316 e. The van der Waals surface area contributed by atoms with Gasteiger partial charge in [-0.2, -0.15) is 0 Å². The first-order valence-electron chi connectivity index (χ1n) is 4.12. The molecule has 0 saturated carbocycles. The molecule has 1 unspecified atom stereocenters. The highest BCUT2D eigenvalue weighted by Crippen LogP contribution is 2.20. The molecule has 1 atom stereocenters. The van der Waals surface area contributed by atoms with Gasteiger partial charge in [-0.3, -0.25) is 4.79 Å². The van der Waals surface area contributed by atoms with Crippen molar-refractivity contribution in [2.75, 3.05) is 0 Å². The maximum atomic E-state index is 10.6. The molecule has 15 heavy (non-hydrogen) atoms. The topological polar surface area (TPSA) is 93.3 Å². The lowest BCUT2D eigenvalue weighted by molar-refractivity contribution is -0.136. The molecule has 0 aliphatic carbocycles. The number of thioether (sulfide) groups is 1. The summed E-state index contributed by atoms with van der Waals surface area (Å²) in [6, 6.07) is 3.37. The molecule has 0 spiro atoms. The van der Waals surface area contributed by atoms with Crippen molar-refractivity contribution >= 4 is 23.4 Å². The Morgan fingerprint density at radius 3 is 3.13 bits per heavy atom. The lowest BCUT2D eigenvalue weighted by atomic mass is 10.5. The fraction of sp³-hybridized carbons (Fsp3) is 0.286. The number of carboxylic acid groups (broad SMARTS) is 1. The highest BCUT2D eigenvalue weighted by molar-refractivity contribution is 8.00. The molecule has 1 N–H and O–H groups in total. The van der Waals surface area contributed by atoms with E-state index in [1.807, 2.05) is 0 Å². The Balaban J connectivity index is 2.24. The Morgan fingerprint density at radius 1 is 1.60 bits per heavy atom. The molecule has 0 saturated heterocycles. The van der Waals surface area contributed by atoms with Crippen LogP contribution in [0.3, 0.4) is 0 Å². The van der Waals surface area contributed by atoms with Crippen molar-refractivity contribution in [2.45, 2.75) is 17.2 Å². The van der Waals surface area contributed by atoms with Gasteiger partial charge in [0.15, 0.2) is 5.65 Å². The molecule has 2 rings (SSSR count). The molecule has 2 aromatic heterocycles. The van der Waals surface area contributed by atoms with Crippen LogP contribution in [0.2, 0.25) is 0 Å². The van der Waals surface area contributed by atoms with E-state index < -0.39 is 11.2 Å². The van der Waals surface area contributed by atoms with E-state index in [0.717, 1.165) is 11.8 Å². The minimum absolute atomic E-state index is 0.530. The second-order valence-corrected chi connectivity index (χ2v) is 4.16. The fourth-order valence-electron chi connectivity index (χ4n) is 0.928. The third kappa shape index (κ3) is 2.04. The molecule has 0 aliphatic rings. The first kappa shape index (κ1) is 9.84. The molecule has 0 fully saturated rings. The molecule has 2 heterocycles. The monoisotopic (exact) mass is 225 g/mol. The molecule has 7 nitrogen and oxygen atoms in total. The lowest BCUT2D eigenvalue weighted by Gasteiger charge is -2.03. The van der Waals surface area contributed by atoms with Crippen LogP contribution in [0.5, 0.6) is 0 Å². The molecular formula is C7H7N5O2S. The van der Waals surface area contributed by atoms with Crippen molar-refractivity contribution in [3.63, 3.8) is 0 Å². The van der Waals surface area contributed by atoms with Gasteiger partial charge in [0.05, 0.1) is 0 Å². The minimum Gasteiger partial charge on any atom is -0.480 e. The van der Waals surface area contributed by atoms with Crippen LogP contribution in [0.15, 0.2) is 17.2 Å². The van der Waals surface area contributed by atoms with Gasteiger partial charge in [0.2, 0.25) is 0 Å². The summed E-state index contributed by atoms with van der Waals surface area (Å²) in [7, 11) is 0. The predicted molar refractivity (Wildman–Crippen MR) is 51.5 cm³/mol. The Morgan fingerprint density at radius 2 is 2.40 bits per heavy atom. The van der Waals surface area contributed by atoms with E-state index in [1.165, 1.54) is 4.63 Å². The van der Waals surface area contributed by atoms with Gasteiger partial charge in [-0.15, -0.1) is 14.8 Å². The van der Waals surface area contributed by atoms with Crippen LogP contribution in [0, 0.1) is 0 Å². The lowest BCUT2D eigenvalue weighted by Crippen LogP contribution is -2.11. The quantitative estimate of drug-likeness (QED) is 0.739. The Labute approximate surface area is 88.5 Å². The molecule has 0 bridgehead atoms. The number of aromatic nitrogens is 5. The van der Waals surface area contributed by atoms with E-state index in [4.69, 9.17) is 5.11 Å². The predicted octanol–water partition coefficient (Wildman–Crippen LogP) is 0.0845. The number of fused-ring (bicyclic) bond motifs is 1. The van der Waals surface area contributed by atoms with E-state index in [2.05, 4.69) is 20.6 Å². The van der Waals surface area contributed by atoms with Crippen molar-refractivity contribution in [1.29, 1.82) is 0 Å². The van der Waals surface area contributed by atoms with Gasteiger partial charge in [0, 0.05) is 0 Å². The van der Waals surface area contributed by atoms with Crippen LogP contribution in [0.1, 0.15) is 6.92 Å². The van der Waals surface area contributed by atoms with Crippen LogP contribution in [0.25, 0.3) is 5.65 Å². The van der Waals surface area contributed by atoms with E-state index in [-0.39, 0.29) is 0 Å². The summed E-state index contributed by atoms with van der Waals surface area (Å²) >= 11 is 1.14. The van der Waals surface area contributed by atoms with Crippen molar-refractivity contribution in [2.24, 2.45) is 0 Å². The number of carboxylic acids is 1. The second kappa shape index (κ2) is 3.81. The average molecular weight is 225 g/mol. The summed E-state index contributed by atoms with van der Waals surface area (Å²) in [6.07, 6.45) is 0. The standard InChI is InChI=1S/C7H7N5O2S/c1-4(7(13)14)15-6-3-2-5-8-10-11-12(5)9-6/h2-4H,1H3,(H,13,14). The van der Waals surface area contributed by atoms with Crippen molar-refractivity contribution in [1.82, 2.24) is 25.3 Å². The van der Waals surface area contributed by atoms with Gasteiger partial charge in [0.25, 0.3) is 0 Å². The van der Waals surface area contributed by atoms with E-state index >= 15 is 0 Å². The summed E-state index contributed by atoms with van der Waals surface area (Å²) in [5.41, 5.74) is 0.530. The Bertz CT molecular complexity index is 499. The van der Waals surface area contributed by atoms with Gasteiger partial charge < -0.3 is 5.11 Å². The van der Waals surface area contributed by atoms with Crippen molar-refractivity contribution < 1.29 is 9.90 Å². The van der Waals surface area contributed by atoms with Crippen molar-refractivity contribution in [3.05, 3.63) is 12.1 Å². The van der Waals surface area contributed by atoms with Crippen LogP contribution in [0.4, 0.5) is 0 Å². The van der Waals surface area contributed by atoms with Crippen molar-refractivity contribution in [3.8, 4) is 0 Å². The van der Waals surface area contributed by atoms with Gasteiger partial charge in [-0.25, -0.2) is 0 Å². The highest BCUT2D eigenvalue weighted by atomic mass is 32.2. The van der Waals surface area contributed by atoms with E-state index in [0.29, 0.717) is 10.7 Å². The first-order valence-corrected chi connectivity index (χ1v) is 4.99. The van der Waals surface area contributed by atoms with Crippen LogP contribution in [-0.4, -0.2) is 41.6 Å². The number of tetrazole rings is 1.